The van der Waals surface area contributed by atoms with E-state index in [9.17, 15) is 4.79 Å². The lowest BCUT2D eigenvalue weighted by atomic mass is 10.2. The van der Waals surface area contributed by atoms with Crippen LogP contribution < -0.4 is 4.74 Å². The molecular weight excluding hydrogens is 326 g/mol. The number of hydrogen-bond donors (Lipinski definition) is 0. The summed E-state index contributed by atoms with van der Waals surface area (Å²) in [5, 5.41) is 7.05. The van der Waals surface area contributed by atoms with E-state index in [2.05, 4.69) is 10.1 Å². The van der Waals surface area contributed by atoms with E-state index in [4.69, 9.17) is 9.47 Å². The summed E-state index contributed by atoms with van der Waals surface area (Å²) in [6.45, 7) is 2.01. The quantitative estimate of drug-likeness (QED) is 0.643. The predicted octanol–water partition coefficient (Wildman–Crippen LogP) is 3.15. The third kappa shape index (κ3) is 3.80. The minimum atomic E-state index is -0.379. The third-order valence-corrected chi connectivity index (χ3v) is 4.14. The second-order valence-corrected chi connectivity index (χ2v) is 5.92. The van der Waals surface area contributed by atoms with Crippen LogP contribution >= 0.6 is 11.3 Å². The summed E-state index contributed by atoms with van der Waals surface area (Å²) in [5.74, 6) is 0.231. The zero-order valence-electron chi connectivity index (χ0n) is 13.4. The maximum absolute atomic E-state index is 11.4. The van der Waals surface area contributed by atoms with Crippen molar-refractivity contribution in [2.24, 2.45) is 7.05 Å². The molecule has 0 spiro atoms. The second-order valence-electron chi connectivity index (χ2n) is 5.06. The van der Waals surface area contributed by atoms with Crippen LogP contribution in [0.4, 0.5) is 0 Å². The summed E-state index contributed by atoms with van der Waals surface area (Å²) in [6.07, 6.45) is 3.72. The Balaban J connectivity index is 1.74. The van der Waals surface area contributed by atoms with E-state index in [0.29, 0.717) is 12.4 Å². The van der Waals surface area contributed by atoms with Crippen molar-refractivity contribution in [2.75, 3.05) is 13.2 Å². The molecule has 1 aromatic carbocycles. The van der Waals surface area contributed by atoms with Crippen molar-refractivity contribution < 1.29 is 14.3 Å². The van der Waals surface area contributed by atoms with Crippen LogP contribution in [0.3, 0.4) is 0 Å². The fourth-order valence-electron chi connectivity index (χ4n) is 2.16. The summed E-state index contributed by atoms with van der Waals surface area (Å²) < 4.78 is 12.1. The van der Waals surface area contributed by atoms with Crippen LogP contribution in [0, 0.1) is 0 Å². The van der Waals surface area contributed by atoms with E-state index in [1.54, 1.807) is 35.2 Å². The average Bonchev–Trinajstić information content (AvgIpc) is 3.22. The molecule has 2 heterocycles. The van der Waals surface area contributed by atoms with Crippen LogP contribution in [0.1, 0.15) is 6.92 Å². The summed E-state index contributed by atoms with van der Waals surface area (Å²) in [6, 6.07) is 7.51. The van der Waals surface area contributed by atoms with Gasteiger partial charge in [-0.05, 0) is 19.1 Å². The van der Waals surface area contributed by atoms with Gasteiger partial charge in [0.25, 0.3) is 0 Å². The van der Waals surface area contributed by atoms with Crippen LogP contribution in [-0.4, -0.2) is 33.9 Å². The van der Waals surface area contributed by atoms with Gasteiger partial charge in [-0.3, -0.25) is 4.68 Å². The van der Waals surface area contributed by atoms with E-state index in [1.807, 2.05) is 36.8 Å². The first-order valence-electron chi connectivity index (χ1n) is 7.49. The standard InChI is InChI=1S/C17H17N3O3S/c1-3-22-16(21)10-23-14-6-4-5-12(7-14)17-19-15(11-24-17)13-8-18-20(2)9-13/h4-9,11H,3,10H2,1-2H3. The van der Waals surface area contributed by atoms with E-state index >= 15 is 0 Å². The van der Waals surface area contributed by atoms with Crippen LogP contribution in [0.25, 0.3) is 21.8 Å². The number of carbonyl (C=O) groups excluding carboxylic acids is 1. The van der Waals surface area contributed by atoms with Gasteiger partial charge in [0.05, 0.1) is 18.5 Å². The Morgan fingerprint density at radius 2 is 2.21 bits per heavy atom. The largest absolute Gasteiger partial charge is 0.482 e. The van der Waals surface area contributed by atoms with Crippen molar-refractivity contribution in [2.45, 2.75) is 6.92 Å². The SMILES string of the molecule is CCOC(=O)COc1cccc(-c2nc(-c3cnn(C)c3)cs2)c1. The Morgan fingerprint density at radius 3 is 2.96 bits per heavy atom. The molecular formula is C17H17N3O3S. The molecule has 3 rings (SSSR count). The minimum absolute atomic E-state index is 0.101. The minimum Gasteiger partial charge on any atom is -0.482 e. The summed E-state index contributed by atoms with van der Waals surface area (Å²) in [4.78, 5) is 16.0. The van der Waals surface area contributed by atoms with Crippen LogP contribution in [0.5, 0.6) is 5.75 Å². The zero-order chi connectivity index (χ0) is 16.9. The number of rotatable bonds is 6. The van der Waals surface area contributed by atoms with Gasteiger partial charge in [-0.25, -0.2) is 9.78 Å². The molecule has 0 saturated heterocycles. The van der Waals surface area contributed by atoms with E-state index < -0.39 is 0 Å². The van der Waals surface area contributed by atoms with Crippen molar-refractivity contribution in [3.05, 3.63) is 42.0 Å². The highest BCUT2D eigenvalue weighted by atomic mass is 32.1. The molecule has 0 fully saturated rings. The molecule has 0 aliphatic heterocycles. The first-order chi connectivity index (χ1) is 11.7. The number of nitrogens with zero attached hydrogens (tertiary/aromatic N) is 3. The first kappa shape index (κ1) is 16.2. The molecule has 3 aromatic rings. The van der Waals surface area contributed by atoms with Gasteiger partial charge in [0.1, 0.15) is 10.8 Å². The van der Waals surface area contributed by atoms with Gasteiger partial charge in [-0.1, -0.05) is 12.1 Å². The van der Waals surface area contributed by atoms with Crippen LogP contribution in [0.2, 0.25) is 0 Å². The first-order valence-corrected chi connectivity index (χ1v) is 8.37. The van der Waals surface area contributed by atoms with E-state index in [-0.39, 0.29) is 12.6 Å². The normalized spacial score (nSPS) is 10.6. The molecule has 0 aliphatic carbocycles. The Labute approximate surface area is 143 Å². The number of carbonyl (C=O) groups is 1. The van der Waals surface area contributed by atoms with Gasteiger partial charge in [-0.2, -0.15) is 5.10 Å². The fraction of sp³-hybridized carbons (Fsp3) is 0.235. The molecule has 0 unspecified atom stereocenters. The average molecular weight is 343 g/mol. The summed E-state index contributed by atoms with van der Waals surface area (Å²) in [7, 11) is 1.88. The van der Waals surface area contributed by atoms with Crippen molar-refractivity contribution in [1.82, 2.24) is 14.8 Å². The van der Waals surface area contributed by atoms with Gasteiger partial charge < -0.3 is 9.47 Å². The number of hydrogen-bond acceptors (Lipinski definition) is 6. The maximum atomic E-state index is 11.4. The Kier molecular flexibility index (Phi) is 4.90. The van der Waals surface area contributed by atoms with Gasteiger partial charge in [0.15, 0.2) is 6.61 Å². The summed E-state index contributed by atoms with van der Waals surface area (Å²) >= 11 is 1.55. The lowest BCUT2D eigenvalue weighted by Crippen LogP contribution is -2.14. The van der Waals surface area contributed by atoms with E-state index in [1.165, 1.54) is 0 Å². The molecule has 0 radical (unpaired) electrons. The lowest BCUT2D eigenvalue weighted by Gasteiger charge is -2.06. The number of esters is 1. The van der Waals surface area contributed by atoms with Gasteiger partial charge >= 0.3 is 5.97 Å². The van der Waals surface area contributed by atoms with Gasteiger partial charge in [0, 0.05) is 29.8 Å². The maximum Gasteiger partial charge on any atom is 0.344 e. The lowest BCUT2D eigenvalue weighted by molar-refractivity contribution is -0.145. The third-order valence-electron chi connectivity index (χ3n) is 3.25. The van der Waals surface area contributed by atoms with Crippen LogP contribution in [-0.2, 0) is 16.6 Å². The number of ether oxygens (including phenoxy) is 2. The molecule has 0 N–H and O–H groups in total. The van der Waals surface area contributed by atoms with Crippen LogP contribution in [0.15, 0.2) is 42.0 Å². The molecule has 0 atom stereocenters. The molecule has 7 heteroatoms. The predicted molar refractivity (Wildman–Crippen MR) is 91.9 cm³/mol. The van der Waals surface area contributed by atoms with Gasteiger partial charge in [0.2, 0.25) is 0 Å². The fourth-order valence-corrected chi connectivity index (χ4v) is 2.98. The zero-order valence-corrected chi connectivity index (χ0v) is 14.2. The number of aryl methyl sites for hydroxylation is 1. The molecule has 124 valence electrons. The molecule has 6 nitrogen and oxygen atoms in total. The second kappa shape index (κ2) is 7.27. The van der Waals surface area contributed by atoms with E-state index in [0.717, 1.165) is 21.8 Å². The topological polar surface area (TPSA) is 66.2 Å². The summed E-state index contributed by atoms with van der Waals surface area (Å²) in [5.41, 5.74) is 2.81. The molecule has 2 aromatic heterocycles. The van der Waals surface area contributed by atoms with Crippen molar-refractivity contribution in [3.8, 4) is 27.6 Å². The smallest absolute Gasteiger partial charge is 0.344 e. The molecule has 24 heavy (non-hydrogen) atoms. The number of benzene rings is 1. The Morgan fingerprint density at radius 1 is 1.33 bits per heavy atom. The Hall–Kier alpha value is -2.67. The number of aromatic nitrogens is 3. The highest BCUT2D eigenvalue weighted by Gasteiger charge is 2.10. The molecule has 0 saturated carbocycles. The van der Waals surface area contributed by atoms with Crippen molar-refractivity contribution in [1.29, 1.82) is 0 Å². The van der Waals surface area contributed by atoms with Crippen molar-refractivity contribution in [3.63, 3.8) is 0 Å². The van der Waals surface area contributed by atoms with Crippen molar-refractivity contribution >= 4 is 17.3 Å². The highest BCUT2D eigenvalue weighted by molar-refractivity contribution is 7.13. The number of thiazole rings is 1. The molecule has 0 aliphatic rings. The molecule has 0 bridgehead atoms. The monoisotopic (exact) mass is 343 g/mol. The van der Waals surface area contributed by atoms with Gasteiger partial charge in [-0.15, -0.1) is 11.3 Å². The molecule has 0 amide bonds. The highest BCUT2D eigenvalue weighted by Crippen LogP contribution is 2.30. The Bertz CT molecular complexity index is 841.